The molecule has 0 aliphatic carbocycles. The normalized spacial score (nSPS) is 11.3. The van der Waals surface area contributed by atoms with E-state index in [0.29, 0.717) is 11.0 Å². The molecule has 2 N–H and O–H groups in total. The summed E-state index contributed by atoms with van der Waals surface area (Å²) in [5.74, 6) is 8.22. The van der Waals surface area contributed by atoms with E-state index in [4.69, 9.17) is 10.3 Å². The second-order valence-electron chi connectivity index (χ2n) is 4.69. The SMILES string of the molecule is Cc1occc1-c1nnc(SC/C=C/c2ccccc2)n1N. The van der Waals surface area contributed by atoms with E-state index in [1.165, 1.54) is 22.0 Å². The quantitative estimate of drug-likeness (QED) is 0.578. The van der Waals surface area contributed by atoms with Crippen molar-refractivity contribution in [3.63, 3.8) is 0 Å². The van der Waals surface area contributed by atoms with Crippen molar-refractivity contribution in [3.8, 4) is 11.4 Å². The van der Waals surface area contributed by atoms with Crippen LogP contribution in [0.2, 0.25) is 0 Å². The van der Waals surface area contributed by atoms with Crippen LogP contribution < -0.4 is 5.84 Å². The first-order valence-electron chi connectivity index (χ1n) is 6.85. The summed E-state index contributed by atoms with van der Waals surface area (Å²) in [6.07, 6.45) is 5.78. The number of hydrogen-bond donors (Lipinski definition) is 1. The zero-order valence-electron chi connectivity index (χ0n) is 12.1. The van der Waals surface area contributed by atoms with Gasteiger partial charge in [-0.15, -0.1) is 10.2 Å². The highest BCUT2D eigenvalue weighted by Gasteiger charge is 2.14. The van der Waals surface area contributed by atoms with E-state index in [9.17, 15) is 0 Å². The van der Waals surface area contributed by atoms with Gasteiger partial charge in [0.2, 0.25) is 5.16 Å². The Morgan fingerprint density at radius 1 is 1.23 bits per heavy atom. The molecule has 0 unspecified atom stereocenters. The molecule has 0 aliphatic heterocycles. The lowest BCUT2D eigenvalue weighted by molar-refractivity contribution is 0.535. The lowest BCUT2D eigenvalue weighted by Gasteiger charge is -2.01. The fourth-order valence-electron chi connectivity index (χ4n) is 2.05. The standard InChI is InChI=1S/C16H16N4OS/c1-12-14(9-10-21-12)15-18-19-16(20(15)17)22-11-5-8-13-6-3-2-4-7-13/h2-10H,11,17H2,1H3/b8-5+. The molecular weight excluding hydrogens is 296 g/mol. The minimum atomic E-state index is 0.612. The van der Waals surface area contributed by atoms with E-state index in [1.54, 1.807) is 6.26 Å². The van der Waals surface area contributed by atoms with Crippen LogP contribution in [0.5, 0.6) is 0 Å². The topological polar surface area (TPSA) is 69.9 Å². The fraction of sp³-hybridized carbons (Fsp3) is 0.125. The van der Waals surface area contributed by atoms with Crippen LogP contribution in [0.1, 0.15) is 11.3 Å². The Hall–Kier alpha value is -2.47. The van der Waals surface area contributed by atoms with Gasteiger partial charge in [0.05, 0.1) is 11.8 Å². The van der Waals surface area contributed by atoms with Crippen molar-refractivity contribution in [3.05, 3.63) is 60.1 Å². The van der Waals surface area contributed by atoms with Crippen LogP contribution in [0.25, 0.3) is 17.5 Å². The largest absolute Gasteiger partial charge is 0.469 e. The second kappa shape index (κ2) is 6.53. The molecule has 0 aliphatic rings. The summed E-state index contributed by atoms with van der Waals surface area (Å²) in [4.78, 5) is 0. The van der Waals surface area contributed by atoms with Gasteiger partial charge in [-0.2, -0.15) is 0 Å². The Bertz CT molecular complexity index is 777. The Morgan fingerprint density at radius 3 is 2.77 bits per heavy atom. The van der Waals surface area contributed by atoms with Gasteiger partial charge in [-0.05, 0) is 18.6 Å². The fourth-order valence-corrected chi connectivity index (χ4v) is 2.71. The monoisotopic (exact) mass is 312 g/mol. The Morgan fingerprint density at radius 2 is 2.05 bits per heavy atom. The molecule has 0 fully saturated rings. The summed E-state index contributed by atoms with van der Waals surface area (Å²) in [6.45, 7) is 1.87. The summed E-state index contributed by atoms with van der Waals surface area (Å²) in [6, 6.07) is 12.0. The third kappa shape index (κ3) is 3.07. The minimum Gasteiger partial charge on any atom is -0.469 e. The van der Waals surface area contributed by atoms with Gasteiger partial charge in [0.25, 0.3) is 0 Å². The van der Waals surface area contributed by atoms with Crippen LogP contribution in [0.4, 0.5) is 0 Å². The summed E-state index contributed by atoms with van der Waals surface area (Å²) in [7, 11) is 0. The Kier molecular flexibility index (Phi) is 4.29. The van der Waals surface area contributed by atoms with Crippen LogP contribution >= 0.6 is 11.8 Å². The summed E-state index contributed by atoms with van der Waals surface area (Å²) in [5, 5.41) is 8.95. The average molecular weight is 312 g/mol. The molecular formula is C16H16N4OS. The molecule has 0 radical (unpaired) electrons. The van der Waals surface area contributed by atoms with Gasteiger partial charge in [-0.3, -0.25) is 0 Å². The highest BCUT2D eigenvalue weighted by molar-refractivity contribution is 7.99. The molecule has 5 nitrogen and oxygen atoms in total. The van der Waals surface area contributed by atoms with Crippen LogP contribution in [-0.2, 0) is 0 Å². The van der Waals surface area contributed by atoms with Crippen LogP contribution in [0, 0.1) is 6.92 Å². The number of benzene rings is 1. The number of nitrogen functional groups attached to an aromatic ring is 1. The van der Waals surface area contributed by atoms with Gasteiger partial charge in [-0.25, -0.2) is 4.68 Å². The number of nitrogens with zero attached hydrogens (tertiary/aromatic N) is 3. The highest BCUT2D eigenvalue weighted by Crippen LogP contribution is 2.24. The summed E-state index contributed by atoms with van der Waals surface area (Å²) < 4.78 is 6.77. The lowest BCUT2D eigenvalue weighted by atomic mass is 10.2. The molecule has 0 saturated heterocycles. The third-order valence-electron chi connectivity index (χ3n) is 3.18. The number of rotatable bonds is 5. The van der Waals surface area contributed by atoms with Gasteiger partial charge in [0.1, 0.15) is 5.76 Å². The van der Waals surface area contributed by atoms with Gasteiger partial charge >= 0.3 is 0 Å². The predicted molar refractivity (Wildman–Crippen MR) is 88.8 cm³/mol. The number of furan rings is 1. The molecule has 0 spiro atoms. The van der Waals surface area contributed by atoms with Gasteiger partial charge in [0.15, 0.2) is 5.82 Å². The third-order valence-corrected chi connectivity index (χ3v) is 4.08. The first-order chi connectivity index (χ1) is 10.8. The van der Waals surface area contributed by atoms with Crippen LogP contribution in [0.15, 0.2) is 58.3 Å². The number of aromatic nitrogens is 3. The Balaban J connectivity index is 1.66. The Labute approximate surface area is 132 Å². The van der Waals surface area contributed by atoms with E-state index in [1.807, 2.05) is 31.2 Å². The molecule has 22 heavy (non-hydrogen) atoms. The highest BCUT2D eigenvalue weighted by atomic mass is 32.2. The maximum absolute atomic E-state index is 6.06. The summed E-state index contributed by atoms with van der Waals surface area (Å²) >= 11 is 1.54. The smallest absolute Gasteiger partial charge is 0.210 e. The molecule has 1 aromatic carbocycles. The zero-order valence-corrected chi connectivity index (χ0v) is 13.0. The van der Waals surface area contributed by atoms with Gasteiger partial charge in [0, 0.05) is 5.75 Å². The van der Waals surface area contributed by atoms with Crippen LogP contribution in [-0.4, -0.2) is 20.6 Å². The van der Waals surface area contributed by atoms with Crippen molar-refractivity contribution in [2.45, 2.75) is 12.1 Å². The van der Waals surface area contributed by atoms with E-state index in [-0.39, 0.29) is 0 Å². The van der Waals surface area contributed by atoms with Crippen molar-refractivity contribution in [2.75, 3.05) is 11.6 Å². The zero-order chi connectivity index (χ0) is 15.4. The first kappa shape index (κ1) is 14.5. The van der Waals surface area contributed by atoms with Crippen molar-refractivity contribution in [1.29, 1.82) is 0 Å². The minimum absolute atomic E-state index is 0.612. The van der Waals surface area contributed by atoms with E-state index < -0.39 is 0 Å². The summed E-state index contributed by atoms with van der Waals surface area (Å²) in [5.41, 5.74) is 2.04. The number of thioether (sulfide) groups is 1. The van der Waals surface area contributed by atoms with Crippen molar-refractivity contribution in [2.24, 2.45) is 0 Å². The number of aryl methyl sites for hydroxylation is 1. The molecule has 0 atom stereocenters. The molecule has 0 amide bonds. The van der Waals surface area contributed by atoms with Crippen molar-refractivity contribution >= 4 is 17.8 Å². The molecule has 0 saturated carbocycles. The lowest BCUT2D eigenvalue weighted by Crippen LogP contribution is -2.11. The molecule has 2 heterocycles. The number of nitrogens with two attached hydrogens (primary N) is 1. The van der Waals surface area contributed by atoms with E-state index >= 15 is 0 Å². The van der Waals surface area contributed by atoms with Crippen molar-refractivity contribution < 1.29 is 4.42 Å². The van der Waals surface area contributed by atoms with E-state index in [2.05, 4.69) is 34.5 Å². The average Bonchev–Trinajstić information content (AvgIpc) is 3.11. The molecule has 0 bridgehead atoms. The second-order valence-corrected chi connectivity index (χ2v) is 5.68. The molecule has 3 aromatic rings. The maximum atomic E-state index is 6.06. The van der Waals surface area contributed by atoms with Crippen LogP contribution in [0.3, 0.4) is 0 Å². The van der Waals surface area contributed by atoms with E-state index in [0.717, 1.165) is 17.1 Å². The number of hydrogen-bond acceptors (Lipinski definition) is 5. The van der Waals surface area contributed by atoms with Crippen molar-refractivity contribution in [1.82, 2.24) is 14.9 Å². The maximum Gasteiger partial charge on any atom is 0.210 e. The molecule has 112 valence electrons. The van der Waals surface area contributed by atoms with Gasteiger partial charge in [-0.1, -0.05) is 54.2 Å². The predicted octanol–water partition coefficient (Wildman–Crippen LogP) is 3.37. The molecule has 3 rings (SSSR count). The van der Waals surface area contributed by atoms with Gasteiger partial charge < -0.3 is 10.3 Å². The first-order valence-corrected chi connectivity index (χ1v) is 7.83. The molecule has 2 aromatic heterocycles. The molecule has 6 heteroatoms.